The van der Waals surface area contributed by atoms with Gasteiger partial charge < -0.3 is 5.11 Å². The monoisotopic (exact) mass is 287 g/mol. The third kappa shape index (κ3) is 3.91. The molecule has 0 aliphatic rings. The van der Waals surface area contributed by atoms with Crippen molar-refractivity contribution in [2.24, 2.45) is 0 Å². The van der Waals surface area contributed by atoms with Crippen molar-refractivity contribution in [1.29, 1.82) is 0 Å². The second-order valence-corrected chi connectivity index (χ2v) is 5.34. The van der Waals surface area contributed by atoms with Crippen LogP contribution in [-0.2, 0) is 25.8 Å². The van der Waals surface area contributed by atoms with Crippen LogP contribution in [0.5, 0.6) is 0 Å². The van der Waals surface area contributed by atoms with Gasteiger partial charge in [0.25, 0.3) is 0 Å². The van der Waals surface area contributed by atoms with Gasteiger partial charge in [-0.15, -0.1) is 0 Å². The minimum absolute atomic E-state index is 0.462. The molecule has 114 valence electrons. The highest BCUT2D eigenvalue weighted by Gasteiger charge is 2.13. The van der Waals surface area contributed by atoms with Gasteiger partial charge in [0.1, 0.15) is 5.82 Å². The van der Waals surface area contributed by atoms with Gasteiger partial charge in [-0.05, 0) is 17.5 Å². The number of hydrogen-bond acceptors (Lipinski definition) is 3. The number of hydrogen-bond donors (Lipinski definition) is 1. The zero-order valence-electron chi connectivity index (χ0n) is 13.2. The normalized spacial score (nSPS) is 12.6. The Bertz CT molecular complexity index is 560. The zero-order chi connectivity index (χ0) is 15.2. The fourth-order valence-corrected chi connectivity index (χ4v) is 2.45. The van der Waals surface area contributed by atoms with E-state index in [-0.39, 0.29) is 0 Å². The van der Waals surface area contributed by atoms with Crippen molar-refractivity contribution in [3.8, 4) is 0 Å². The fourth-order valence-electron chi connectivity index (χ4n) is 2.45. The number of aryl methyl sites for hydroxylation is 3. The Balaban J connectivity index is 2.09. The lowest BCUT2D eigenvalue weighted by atomic mass is 10.0. The number of aliphatic hydroxyl groups excluding tert-OH is 1. The second kappa shape index (κ2) is 7.36. The maximum absolute atomic E-state index is 10.4. The van der Waals surface area contributed by atoms with Gasteiger partial charge in [-0.2, -0.15) is 5.10 Å². The first kappa shape index (κ1) is 15.7. The van der Waals surface area contributed by atoms with Crippen molar-refractivity contribution >= 4 is 0 Å². The molecule has 0 saturated heterocycles. The first-order valence-corrected chi connectivity index (χ1v) is 7.87. The summed E-state index contributed by atoms with van der Waals surface area (Å²) < 4.78 is 1.84. The Hall–Kier alpha value is -1.68. The van der Waals surface area contributed by atoms with Gasteiger partial charge in [0, 0.05) is 12.8 Å². The van der Waals surface area contributed by atoms with E-state index >= 15 is 0 Å². The largest absolute Gasteiger partial charge is 0.386 e. The van der Waals surface area contributed by atoms with Gasteiger partial charge in [-0.3, -0.25) is 0 Å². The molecular formula is C17H25N3O. The molecule has 1 N–H and O–H groups in total. The summed E-state index contributed by atoms with van der Waals surface area (Å²) in [7, 11) is 0. The molecule has 0 spiro atoms. The standard InChI is InChI=1S/C17H25N3O/c1-4-7-13-8-10-14(11-9-13)15(21)12-20-17(6-3)18-16(5-2)19-20/h8-11,15,21H,4-7,12H2,1-3H3. The van der Waals surface area contributed by atoms with Crippen LogP contribution in [0, 0.1) is 0 Å². The van der Waals surface area contributed by atoms with Gasteiger partial charge in [-0.1, -0.05) is 51.5 Å². The number of nitrogens with zero attached hydrogens (tertiary/aromatic N) is 3. The zero-order valence-corrected chi connectivity index (χ0v) is 13.2. The highest BCUT2D eigenvalue weighted by atomic mass is 16.3. The van der Waals surface area contributed by atoms with Crippen LogP contribution in [0.3, 0.4) is 0 Å². The van der Waals surface area contributed by atoms with E-state index in [1.54, 1.807) is 0 Å². The quantitative estimate of drug-likeness (QED) is 0.851. The third-order valence-electron chi connectivity index (χ3n) is 3.67. The summed E-state index contributed by atoms with van der Waals surface area (Å²) in [5, 5.41) is 14.9. The van der Waals surface area contributed by atoms with Crippen molar-refractivity contribution in [2.75, 3.05) is 0 Å². The molecule has 0 bridgehead atoms. The van der Waals surface area contributed by atoms with Crippen molar-refractivity contribution in [1.82, 2.24) is 14.8 Å². The first-order chi connectivity index (χ1) is 10.2. The molecule has 0 amide bonds. The summed E-state index contributed by atoms with van der Waals surface area (Å²) in [5.74, 6) is 1.78. The minimum Gasteiger partial charge on any atom is -0.386 e. The van der Waals surface area contributed by atoms with Crippen LogP contribution in [0.4, 0.5) is 0 Å². The molecule has 2 aromatic rings. The topological polar surface area (TPSA) is 50.9 Å². The van der Waals surface area contributed by atoms with E-state index < -0.39 is 6.10 Å². The van der Waals surface area contributed by atoms with Crippen LogP contribution in [0.2, 0.25) is 0 Å². The molecule has 2 rings (SSSR count). The number of aliphatic hydroxyl groups is 1. The molecule has 4 nitrogen and oxygen atoms in total. The van der Waals surface area contributed by atoms with E-state index in [4.69, 9.17) is 0 Å². The maximum Gasteiger partial charge on any atom is 0.150 e. The predicted octanol–water partition coefficient (Wildman–Crippen LogP) is 3.09. The molecule has 1 aromatic heterocycles. The predicted molar refractivity (Wildman–Crippen MR) is 84.2 cm³/mol. The van der Waals surface area contributed by atoms with E-state index in [0.717, 1.165) is 42.9 Å². The number of aromatic nitrogens is 3. The second-order valence-electron chi connectivity index (χ2n) is 5.34. The van der Waals surface area contributed by atoms with E-state index in [1.807, 2.05) is 23.7 Å². The molecule has 0 aliphatic carbocycles. The van der Waals surface area contributed by atoms with Crippen molar-refractivity contribution < 1.29 is 5.11 Å². The lowest BCUT2D eigenvalue weighted by Crippen LogP contribution is -2.13. The molecule has 0 radical (unpaired) electrons. The van der Waals surface area contributed by atoms with Gasteiger partial charge >= 0.3 is 0 Å². The third-order valence-corrected chi connectivity index (χ3v) is 3.67. The molecule has 0 saturated carbocycles. The van der Waals surface area contributed by atoms with Crippen LogP contribution in [0.15, 0.2) is 24.3 Å². The Kier molecular flexibility index (Phi) is 5.51. The summed E-state index contributed by atoms with van der Waals surface area (Å²) in [4.78, 5) is 4.47. The molecule has 1 aromatic carbocycles. The average molecular weight is 287 g/mol. The number of rotatable bonds is 7. The van der Waals surface area contributed by atoms with Crippen molar-refractivity contribution in [3.63, 3.8) is 0 Å². The fraction of sp³-hybridized carbons (Fsp3) is 0.529. The molecular weight excluding hydrogens is 262 g/mol. The first-order valence-electron chi connectivity index (χ1n) is 7.87. The Labute approximate surface area is 126 Å². The van der Waals surface area contributed by atoms with E-state index in [0.29, 0.717) is 6.54 Å². The van der Waals surface area contributed by atoms with Gasteiger partial charge in [-0.25, -0.2) is 9.67 Å². The van der Waals surface area contributed by atoms with Gasteiger partial charge in [0.2, 0.25) is 0 Å². The van der Waals surface area contributed by atoms with Crippen molar-refractivity contribution in [3.05, 3.63) is 47.0 Å². The molecule has 1 heterocycles. The van der Waals surface area contributed by atoms with Gasteiger partial charge in [0.15, 0.2) is 5.82 Å². The lowest BCUT2D eigenvalue weighted by molar-refractivity contribution is 0.150. The van der Waals surface area contributed by atoms with Gasteiger partial charge in [0.05, 0.1) is 12.6 Å². The molecule has 4 heteroatoms. The van der Waals surface area contributed by atoms with Crippen LogP contribution in [0.1, 0.15) is 56.1 Å². The molecule has 0 fully saturated rings. The van der Waals surface area contributed by atoms with E-state index in [2.05, 4.69) is 36.1 Å². The summed E-state index contributed by atoms with van der Waals surface area (Å²) in [6, 6.07) is 8.22. The summed E-state index contributed by atoms with van der Waals surface area (Å²) in [6.45, 7) is 6.74. The van der Waals surface area contributed by atoms with Crippen LogP contribution < -0.4 is 0 Å². The highest BCUT2D eigenvalue weighted by molar-refractivity contribution is 5.24. The number of benzene rings is 1. The molecule has 0 aliphatic heterocycles. The van der Waals surface area contributed by atoms with Crippen LogP contribution >= 0.6 is 0 Å². The van der Waals surface area contributed by atoms with E-state index in [9.17, 15) is 5.11 Å². The molecule has 1 atom stereocenters. The molecule has 1 unspecified atom stereocenters. The Morgan fingerprint density at radius 2 is 1.81 bits per heavy atom. The van der Waals surface area contributed by atoms with Crippen molar-refractivity contribution in [2.45, 2.75) is 59.1 Å². The lowest BCUT2D eigenvalue weighted by Gasteiger charge is -2.13. The van der Waals surface area contributed by atoms with E-state index in [1.165, 1.54) is 5.56 Å². The summed E-state index contributed by atoms with van der Waals surface area (Å²) in [5.41, 5.74) is 2.25. The Morgan fingerprint density at radius 1 is 1.10 bits per heavy atom. The molecule has 21 heavy (non-hydrogen) atoms. The summed E-state index contributed by atoms with van der Waals surface area (Å²) >= 11 is 0. The maximum atomic E-state index is 10.4. The smallest absolute Gasteiger partial charge is 0.150 e. The summed E-state index contributed by atoms with van der Waals surface area (Å²) in [6.07, 6.45) is 3.33. The Morgan fingerprint density at radius 3 is 2.38 bits per heavy atom. The highest BCUT2D eigenvalue weighted by Crippen LogP contribution is 2.17. The minimum atomic E-state index is -0.544. The van der Waals surface area contributed by atoms with Crippen LogP contribution in [0.25, 0.3) is 0 Å². The average Bonchev–Trinajstić information content (AvgIpc) is 2.90. The van der Waals surface area contributed by atoms with Crippen LogP contribution in [-0.4, -0.2) is 19.9 Å². The SMILES string of the molecule is CCCc1ccc(C(O)Cn2nc(CC)nc2CC)cc1.